The molecule has 5 heteroatoms. The van der Waals surface area contributed by atoms with E-state index < -0.39 is 9.84 Å². The minimum atomic E-state index is -2.98. The molecule has 0 amide bonds. The van der Waals surface area contributed by atoms with E-state index >= 15 is 0 Å². The largest absolute Gasteiger partial charge is 1.00 e. The first-order chi connectivity index (χ1) is 9.39. The van der Waals surface area contributed by atoms with Gasteiger partial charge in [0.15, 0.2) is 9.84 Å². The zero-order chi connectivity index (χ0) is 14.6. The van der Waals surface area contributed by atoms with Crippen LogP contribution in [-0.4, -0.2) is 45.3 Å². The number of halogens is 1. The van der Waals surface area contributed by atoms with Crippen LogP contribution in [0.5, 0.6) is 0 Å². The van der Waals surface area contributed by atoms with Gasteiger partial charge in [0.1, 0.15) is 0 Å². The molecule has 1 aliphatic rings. The van der Waals surface area contributed by atoms with E-state index in [4.69, 9.17) is 0 Å². The maximum Gasteiger partial charge on any atom is 0.154 e. The van der Waals surface area contributed by atoms with E-state index in [0.29, 0.717) is 5.75 Å². The topological polar surface area (TPSA) is 34.1 Å². The molecule has 21 heavy (non-hydrogen) atoms. The van der Waals surface area contributed by atoms with Gasteiger partial charge in [-0.2, -0.15) is 0 Å². The van der Waals surface area contributed by atoms with Crippen LogP contribution in [0.3, 0.4) is 0 Å². The molecule has 0 aromatic heterocycles. The molecule has 1 aromatic carbocycles. The van der Waals surface area contributed by atoms with Gasteiger partial charge >= 0.3 is 0 Å². The lowest BCUT2D eigenvalue weighted by atomic mass is 10.2. The number of hydrogen-bond acceptors (Lipinski definition) is 2. The predicted molar refractivity (Wildman–Crippen MR) is 83.3 cm³/mol. The zero-order valence-corrected chi connectivity index (χ0v) is 16.0. The third kappa shape index (κ3) is 6.24. The van der Waals surface area contributed by atoms with Gasteiger partial charge in [-0.1, -0.05) is 29.8 Å². The van der Waals surface area contributed by atoms with Crippen LogP contribution in [0.1, 0.15) is 30.4 Å². The van der Waals surface area contributed by atoms with Gasteiger partial charge in [0.25, 0.3) is 0 Å². The van der Waals surface area contributed by atoms with Gasteiger partial charge in [-0.25, -0.2) is 8.42 Å². The number of quaternary nitrogens is 1. The number of sulfone groups is 1. The van der Waals surface area contributed by atoms with Crippen molar-refractivity contribution in [3.05, 3.63) is 35.4 Å². The summed E-state index contributed by atoms with van der Waals surface area (Å²) >= 11 is 0. The van der Waals surface area contributed by atoms with Gasteiger partial charge < -0.3 is 28.5 Å². The van der Waals surface area contributed by atoms with Crippen molar-refractivity contribution in [2.45, 2.75) is 31.9 Å². The second-order valence-electron chi connectivity index (χ2n) is 6.43. The summed E-state index contributed by atoms with van der Waals surface area (Å²) in [5.41, 5.74) is 2.06. The Morgan fingerprint density at radius 1 is 1.10 bits per heavy atom. The molecule has 0 unspecified atom stereocenters. The molecule has 0 saturated carbocycles. The molecule has 0 spiro atoms. The summed E-state index contributed by atoms with van der Waals surface area (Å²) in [6, 6.07) is 7.78. The Morgan fingerprint density at radius 3 is 2.24 bits per heavy atom. The van der Waals surface area contributed by atoms with E-state index in [1.54, 1.807) is 0 Å². The third-order valence-electron chi connectivity index (χ3n) is 4.31. The SMILES string of the molecule is Cc1ccc(CS(=O)(=O)CCC[N+]2(C)CCCC2)cc1.[I-]. The molecule has 1 aliphatic heterocycles. The van der Waals surface area contributed by atoms with Crippen LogP contribution in [0.2, 0.25) is 0 Å². The van der Waals surface area contributed by atoms with Crippen molar-refractivity contribution in [1.82, 2.24) is 0 Å². The highest BCUT2D eigenvalue weighted by molar-refractivity contribution is 7.90. The van der Waals surface area contributed by atoms with Crippen molar-refractivity contribution >= 4 is 9.84 Å². The fourth-order valence-corrected chi connectivity index (χ4v) is 4.41. The van der Waals surface area contributed by atoms with E-state index in [-0.39, 0.29) is 29.7 Å². The van der Waals surface area contributed by atoms with Crippen molar-refractivity contribution in [1.29, 1.82) is 0 Å². The summed E-state index contributed by atoms with van der Waals surface area (Å²) in [4.78, 5) is 0. The molecule has 0 radical (unpaired) electrons. The lowest BCUT2D eigenvalue weighted by Crippen LogP contribution is -3.00. The summed E-state index contributed by atoms with van der Waals surface area (Å²) in [7, 11) is -0.726. The van der Waals surface area contributed by atoms with Crippen LogP contribution in [0.15, 0.2) is 24.3 Å². The maximum absolute atomic E-state index is 12.2. The molecule has 2 rings (SSSR count). The van der Waals surface area contributed by atoms with Gasteiger partial charge in [-0.15, -0.1) is 0 Å². The third-order valence-corrected chi connectivity index (χ3v) is 5.99. The second kappa shape index (κ2) is 7.92. The van der Waals surface area contributed by atoms with Gasteiger partial charge in [0, 0.05) is 19.3 Å². The van der Waals surface area contributed by atoms with E-state index in [1.807, 2.05) is 31.2 Å². The zero-order valence-electron chi connectivity index (χ0n) is 13.0. The molecule has 0 atom stereocenters. The predicted octanol–water partition coefficient (Wildman–Crippen LogP) is -0.456. The summed E-state index contributed by atoms with van der Waals surface area (Å²) in [6.45, 7) is 5.42. The standard InChI is InChI=1S/C16H26NO2S.HI/c1-15-6-8-16(9-7-15)14-20(18,19)13-5-12-17(2)10-3-4-11-17;/h6-9H,3-5,10-14H2,1-2H3;1H/q+1;/p-1. The fraction of sp³-hybridized carbons (Fsp3) is 0.625. The Balaban J connectivity index is 0.00000220. The van der Waals surface area contributed by atoms with Gasteiger partial charge in [-0.05, 0) is 12.5 Å². The first-order valence-corrected chi connectivity index (χ1v) is 9.30. The molecule has 1 aromatic rings. The molecule has 0 aliphatic carbocycles. The minimum absolute atomic E-state index is 0. The molecule has 1 heterocycles. The highest BCUT2D eigenvalue weighted by Crippen LogP contribution is 2.17. The Kier molecular flexibility index (Phi) is 7.13. The van der Waals surface area contributed by atoms with Crippen molar-refractivity contribution in [2.75, 3.05) is 32.4 Å². The molecular weight excluding hydrogens is 397 g/mol. The normalized spacial score (nSPS) is 17.4. The maximum atomic E-state index is 12.2. The first-order valence-electron chi connectivity index (χ1n) is 7.48. The summed E-state index contributed by atoms with van der Waals surface area (Å²) in [5, 5.41) is 0. The van der Waals surface area contributed by atoms with Crippen molar-refractivity contribution in [3.63, 3.8) is 0 Å². The number of aryl methyl sites for hydroxylation is 1. The van der Waals surface area contributed by atoms with Crippen LogP contribution in [0.4, 0.5) is 0 Å². The summed E-state index contributed by atoms with van der Waals surface area (Å²) in [6.07, 6.45) is 3.35. The van der Waals surface area contributed by atoms with Crippen molar-refractivity contribution < 1.29 is 36.9 Å². The van der Waals surface area contributed by atoms with Gasteiger partial charge in [0.2, 0.25) is 0 Å². The molecular formula is C16H26INO2S. The van der Waals surface area contributed by atoms with Crippen LogP contribution in [0.25, 0.3) is 0 Å². The lowest BCUT2D eigenvalue weighted by Gasteiger charge is -2.29. The first kappa shape index (κ1) is 18.9. The van der Waals surface area contributed by atoms with Crippen LogP contribution < -0.4 is 24.0 Å². The number of rotatable bonds is 6. The van der Waals surface area contributed by atoms with E-state index in [9.17, 15) is 8.42 Å². The molecule has 1 fully saturated rings. The Morgan fingerprint density at radius 2 is 1.67 bits per heavy atom. The van der Waals surface area contributed by atoms with Crippen LogP contribution >= 0.6 is 0 Å². The van der Waals surface area contributed by atoms with Crippen molar-refractivity contribution in [2.24, 2.45) is 0 Å². The smallest absolute Gasteiger partial charge is 0.154 e. The van der Waals surface area contributed by atoms with Crippen LogP contribution in [0, 0.1) is 6.92 Å². The highest BCUT2D eigenvalue weighted by atomic mass is 127. The molecule has 0 N–H and O–H groups in total. The number of hydrogen-bond donors (Lipinski definition) is 0. The van der Waals surface area contributed by atoms with Gasteiger partial charge in [-0.3, -0.25) is 0 Å². The quantitative estimate of drug-likeness (QED) is 0.459. The minimum Gasteiger partial charge on any atom is -1.00 e. The Bertz CT molecular complexity index is 534. The fourth-order valence-electron chi connectivity index (χ4n) is 3.00. The molecule has 3 nitrogen and oxygen atoms in total. The Hall–Kier alpha value is -0.140. The Labute approximate surface area is 146 Å². The average Bonchev–Trinajstić information content (AvgIpc) is 2.79. The number of nitrogens with zero attached hydrogens (tertiary/aromatic N) is 1. The van der Waals surface area contributed by atoms with Crippen LogP contribution in [-0.2, 0) is 15.6 Å². The molecule has 0 bridgehead atoms. The number of benzene rings is 1. The number of likely N-dealkylation sites (tertiary alicyclic amines) is 1. The van der Waals surface area contributed by atoms with E-state index in [0.717, 1.165) is 28.6 Å². The lowest BCUT2D eigenvalue weighted by molar-refractivity contribution is -0.897. The average molecular weight is 423 g/mol. The summed E-state index contributed by atoms with van der Waals surface area (Å²) in [5.74, 6) is 0.492. The molecule has 120 valence electrons. The van der Waals surface area contributed by atoms with Crippen molar-refractivity contribution in [3.8, 4) is 0 Å². The van der Waals surface area contributed by atoms with E-state index in [1.165, 1.54) is 25.9 Å². The monoisotopic (exact) mass is 423 g/mol. The van der Waals surface area contributed by atoms with Gasteiger partial charge in [0.05, 0.1) is 38.2 Å². The van der Waals surface area contributed by atoms with E-state index in [2.05, 4.69) is 7.05 Å². The molecule has 1 saturated heterocycles. The summed E-state index contributed by atoms with van der Waals surface area (Å²) < 4.78 is 25.4. The second-order valence-corrected chi connectivity index (χ2v) is 8.61. The highest BCUT2D eigenvalue weighted by Gasteiger charge is 2.26.